The zero-order valence-corrected chi connectivity index (χ0v) is 17.9. The van der Waals surface area contributed by atoms with Gasteiger partial charge in [-0.3, -0.25) is 9.59 Å². The minimum absolute atomic E-state index is 0.0410. The molecule has 2 N–H and O–H groups in total. The lowest BCUT2D eigenvalue weighted by Gasteiger charge is -2.34. The van der Waals surface area contributed by atoms with Crippen LogP contribution < -0.4 is 15.4 Å². The molecular weight excluding hydrogens is 376 g/mol. The van der Waals surface area contributed by atoms with Crippen LogP contribution in [0.3, 0.4) is 0 Å². The van der Waals surface area contributed by atoms with Crippen molar-refractivity contribution in [2.24, 2.45) is 11.8 Å². The van der Waals surface area contributed by atoms with Crippen molar-refractivity contribution in [3.63, 3.8) is 0 Å². The van der Waals surface area contributed by atoms with E-state index >= 15 is 0 Å². The number of ether oxygens (including phenoxy) is 1. The Morgan fingerprint density at radius 2 is 1.63 bits per heavy atom. The molecule has 0 radical (unpaired) electrons. The number of rotatable bonds is 8. The molecule has 3 rings (SSSR count). The molecule has 1 aliphatic rings. The van der Waals surface area contributed by atoms with Gasteiger partial charge in [-0.2, -0.15) is 0 Å². The second-order valence-corrected chi connectivity index (χ2v) is 8.29. The van der Waals surface area contributed by atoms with Crippen LogP contribution in [-0.2, 0) is 16.2 Å². The van der Waals surface area contributed by atoms with Gasteiger partial charge in [-0.1, -0.05) is 57.0 Å². The molecule has 2 aromatic carbocycles. The highest BCUT2D eigenvalue weighted by Crippen LogP contribution is 2.29. The van der Waals surface area contributed by atoms with Crippen LogP contribution in [-0.4, -0.2) is 17.9 Å². The van der Waals surface area contributed by atoms with Gasteiger partial charge >= 0.3 is 0 Å². The van der Waals surface area contributed by atoms with Gasteiger partial charge in [-0.25, -0.2) is 0 Å². The average Bonchev–Trinajstić information content (AvgIpc) is 2.76. The zero-order chi connectivity index (χ0) is 21.3. The molecule has 5 nitrogen and oxygen atoms in total. The van der Waals surface area contributed by atoms with E-state index in [0.717, 1.165) is 24.2 Å². The molecule has 0 aliphatic heterocycles. The number of carbonyl (C=O) groups is 2. The van der Waals surface area contributed by atoms with Crippen LogP contribution in [0.4, 0.5) is 5.69 Å². The third-order valence-electron chi connectivity index (χ3n) is 6.02. The molecule has 2 aromatic rings. The summed E-state index contributed by atoms with van der Waals surface area (Å²) >= 11 is 0. The number of hydrogen-bond donors (Lipinski definition) is 2. The molecule has 0 aromatic heterocycles. The Morgan fingerprint density at radius 1 is 0.933 bits per heavy atom. The Bertz CT molecular complexity index is 820. The van der Waals surface area contributed by atoms with Gasteiger partial charge in [0.15, 0.2) is 0 Å². The lowest BCUT2D eigenvalue weighted by Crippen LogP contribution is -2.43. The topological polar surface area (TPSA) is 67.4 Å². The predicted octanol–water partition coefficient (Wildman–Crippen LogP) is 4.93. The van der Waals surface area contributed by atoms with E-state index in [4.69, 9.17) is 4.74 Å². The summed E-state index contributed by atoms with van der Waals surface area (Å²) in [4.78, 5) is 24.4. The summed E-state index contributed by atoms with van der Waals surface area (Å²) in [6.07, 6.45) is 3.80. The molecular formula is C25H32N2O3. The number of benzene rings is 2. The Kier molecular flexibility index (Phi) is 7.89. The van der Waals surface area contributed by atoms with E-state index in [2.05, 4.69) is 24.5 Å². The van der Waals surface area contributed by atoms with Crippen molar-refractivity contribution in [1.82, 2.24) is 5.32 Å². The Balaban J connectivity index is 1.38. The molecule has 1 saturated carbocycles. The predicted molar refractivity (Wildman–Crippen MR) is 119 cm³/mol. The summed E-state index contributed by atoms with van der Waals surface area (Å²) < 4.78 is 5.75. The third-order valence-corrected chi connectivity index (χ3v) is 6.02. The summed E-state index contributed by atoms with van der Waals surface area (Å²) in [7, 11) is 0. The lowest BCUT2D eigenvalue weighted by molar-refractivity contribution is -0.125. The first kappa shape index (κ1) is 21.9. The highest BCUT2D eigenvalue weighted by molar-refractivity contribution is 5.93. The molecule has 0 unspecified atom stereocenters. The Labute approximate surface area is 179 Å². The summed E-state index contributed by atoms with van der Waals surface area (Å²) in [5.41, 5.74) is 1.80. The second kappa shape index (κ2) is 10.8. The normalized spacial score (nSPS) is 20.9. The minimum Gasteiger partial charge on any atom is -0.489 e. The van der Waals surface area contributed by atoms with E-state index in [1.165, 1.54) is 6.42 Å². The lowest BCUT2D eigenvalue weighted by atomic mass is 9.78. The highest BCUT2D eigenvalue weighted by atomic mass is 16.5. The Morgan fingerprint density at radius 3 is 2.37 bits per heavy atom. The van der Waals surface area contributed by atoms with Crippen molar-refractivity contribution < 1.29 is 14.3 Å². The van der Waals surface area contributed by atoms with Crippen molar-refractivity contribution in [3.8, 4) is 5.75 Å². The third kappa shape index (κ3) is 6.61. The van der Waals surface area contributed by atoms with E-state index < -0.39 is 0 Å². The summed E-state index contributed by atoms with van der Waals surface area (Å²) in [6, 6.07) is 17.5. The Hall–Kier alpha value is -2.82. The van der Waals surface area contributed by atoms with Gasteiger partial charge in [0.2, 0.25) is 11.8 Å². The van der Waals surface area contributed by atoms with E-state index in [9.17, 15) is 9.59 Å². The van der Waals surface area contributed by atoms with Gasteiger partial charge in [-0.15, -0.1) is 0 Å². The SMILES string of the molecule is C[C@@H]1[C@H](C)CCC[C@H]1NC(=O)CCC(=O)Nc1ccc(OCc2ccccc2)cc1. The number of carbonyl (C=O) groups excluding carboxylic acids is 2. The molecule has 160 valence electrons. The first-order chi connectivity index (χ1) is 14.5. The molecule has 2 amide bonds. The van der Waals surface area contributed by atoms with Crippen molar-refractivity contribution in [1.29, 1.82) is 0 Å². The fourth-order valence-corrected chi connectivity index (χ4v) is 3.89. The molecule has 30 heavy (non-hydrogen) atoms. The summed E-state index contributed by atoms with van der Waals surface area (Å²) in [5, 5.41) is 5.96. The molecule has 0 saturated heterocycles. The van der Waals surface area contributed by atoms with Crippen LogP contribution in [0, 0.1) is 11.8 Å². The first-order valence-electron chi connectivity index (χ1n) is 10.9. The maximum Gasteiger partial charge on any atom is 0.224 e. The number of anilines is 1. The number of hydrogen-bond acceptors (Lipinski definition) is 3. The van der Waals surface area contributed by atoms with E-state index in [0.29, 0.717) is 24.1 Å². The fraction of sp³-hybridized carbons (Fsp3) is 0.440. The van der Waals surface area contributed by atoms with Crippen LogP contribution in [0.5, 0.6) is 5.75 Å². The van der Waals surface area contributed by atoms with Crippen molar-refractivity contribution in [2.75, 3.05) is 5.32 Å². The molecule has 5 heteroatoms. The molecule has 3 atom stereocenters. The van der Waals surface area contributed by atoms with Gasteiger partial charge in [0.1, 0.15) is 12.4 Å². The zero-order valence-electron chi connectivity index (χ0n) is 17.9. The van der Waals surface area contributed by atoms with Gasteiger partial charge in [0, 0.05) is 24.6 Å². The van der Waals surface area contributed by atoms with Gasteiger partial charge < -0.3 is 15.4 Å². The molecule has 1 fully saturated rings. The molecule has 0 bridgehead atoms. The number of amides is 2. The largest absolute Gasteiger partial charge is 0.489 e. The van der Waals surface area contributed by atoms with Crippen LogP contribution >= 0.6 is 0 Å². The van der Waals surface area contributed by atoms with Crippen molar-refractivity contribution >= 4 is 17.5 Å². The molecule has 1 aliphatic carbocycles. The second-order valence-electron chi connectivity index (χ2n) is 8.29. The van der Waals surface area contributed by atoms with E-state index in [1.807, 2.05) is 54.6 Å². The monoisotopic (exact) mass is 408 g/mol. The van der Waals surface area contributed by atoms with Crippen LogP contribution in [0.25, 0.3) is 0 Å². The maximum absolute atomic E-state index is 12.2. The van der Waals surface area contributed by atoms with Crippen molar-refractivity contribution in [3.05, 3.63) is 60.2 Å². The maximum atomic E-state index is 12.2. The van der Waals surface area contributed by atoms with Crippen LogP contribution in [0.2, 0.25) is 0 Å². The summed E-state index contributed by atoms with van der Waals surface area (Å²) in [6.45, 7) is 4.95. The molecule has 0 spiro atoms. The molecule has 0 heterocycles. The van der Waals surface area contributed by atoms with Gasteiger partial charge in [-0.05, 0) is 48.1 Å². The van der Waals surface area contributed by atoms with E-state index in [1.54, 1.807) is 0 Å². The standard InChI is InChI=1S/C25H32N2O3/c1-18-7-6-10-23(19(18)2)27-25(29)16-15-24(28)26-21-11-13-22(14-12-21)30-17-20-8-4-3-5-9-20/h3-5,8-9,11-14,18-19,23H,6-7,10,15-17H2,1-2H3,(H,26,28)(H,27,29)/t18-,19-,23-/m1/s1. The van der Waals surface area contributed by atoms with E-state index in [-0.39, 0.29) is 30.7 Å². The van der Waals surface area contributed by atoms with Gasteiger partial charge in [0.25, 0.3) is 0 Å². The smallest absolute Gasteiger partial charge is 0.224 e. The first-order valence-corrected chi connectivity index (χ1v) is 10.9. The summed E-state index contributed by atoms with van der Waals surface area (Å²) in [5.74, 6) is 1.66. The number of nitrogens with one attached hydrogen (secondary N) is 2. The average molecular weight is 409 g/mol. The van der Waals surface area contributed by atoms with Gasteiger partial charge in [0.05, 0.1) is 0 Å². The quantitative estimate of drug-likeness (QED) is 0.651. The van der Waals surface area contributed by atoms with Crippen molar-refractivity contribution in [2.45, 2.75) is 58.6 Å². The fourth-order valence-electron chi connectivity index (χ4n) is 3.89. The van der Waals surface area contributed by atoms with Crippen LogP contribution in [0.15, 0.2) is 54.6 Å². The minimum atomic E-state index is -0.159. The van der Waals surface area contributed by atoms with Crippen LogP contribution in [0.1, 0.15) is 51.5 Å². The highest BCUT2D eigenvalue weighted by Gasteiger charge is 2.28.